The number of rotatable bonds is 2. The first kappa shape index (κ1) is 16.9. The van der Waals surface area contributed by atoms with Gasteiger partial charge in [-0.3, -0.25) is 18.5 Å². The Balaban J connectivity index is 2.11. The predicted molar refractivity (Wildman–Crippen MR) is 102 cm³/mol. The van der Waals surface area contributed by atoms with E-state index in [0.717, 1.165) is 36.4 Å². The molecule has 0 aliphatic carbocycles. The maximum atomic E-state index is 12.9. The molecule has 0 bridgehead atoms. The van der Waals surface area contributed by atoms with Crippen LogP contribution < -0.4 is 21.5 Å². The fourth-order valence-electron chi connectivity index (χ4n) is 3.32. The summed E-state index contributed by atoms with van der Waals surface area (Å²) < 4.78 is 4.31. The third-order valence-corrected chi connectivity index (χ3v) is 4.94. The van der Waals surface area contributed by atoms with E-state index in [1.807, 2.05) is 12.1 Å². The zero-order valence-corrected chi connectivity index (χ0v) is 15.3. The molecule has 0 amide bonds. The van der Waals surface area contributed by atoms with Crippen LogP contribution in [0.1, 0.15) is 0 Å². The summed E-state index contributed by atoms with van der Waals surface area (Å²) in [5, 5.41) is 3.87. The van der Waals surface area contributed by atoms with Crippen LogP contribution in [0.4, 0.5) is 5.95 Å². The average molecular weight is 375 g/mol. The smallest absolute Gasteiger partial charge is 0.332 e. The molecule has 0 saturated carbocycles. The molecule has 9 heteroatoms. The van der Waals surface area contributed by atoms with Crippen LogP contribution in [0.25, 0.3) is 16.9 Å². The van der Waals surface area contributed by atoms with Gasteiger partial charge in [-0.05, 0) is 18.2 Å². The van der Waals surface area contributed by atoms with Crippen molar-refractivity contribution >= 4 is 28.7 Å². The van der Waals surface area contributed by atoms with Crippen molar-refractivity contribution in [1.82, 2.24) is 24.0 Å². The van der Waals surface area contributed by atoms with E-state index < -0.39 is 5.69 Å². The van der Waals surface area contributed by atoms with Gasteiger partial charge in [-0.2, -0.15) is 4.98 Å². The standard InChI is InChI=1S/C17H19ClN6O2/c1-21-14-13(15(25)22(2)17(21)26)24(12-5-3-4-11(18)10-12)16(20-14)23-8-6-19-7-9-23/h3-5,10,19H,6-9H2,1-2H3. The van der Waals surface area contributed by atoms with E-state index >= 15 is 0 Å². The van der Waals surface area contributed by atoms with E-state index in [0.29, 0.717) is 22.1 Å². The SMILES string of the molecule is Cn1c(=O)c2c(nc(N3CCNCC3)n2-c2cccc(Cl)c2)n(C)c1=O. The first-order chi connectivity index (χ1) is 12.5. The number of hydrogen-bond acceptors (Lipinski definition) is 5. The molecule has 1 saturated heterocycles. The number of aryl methyl sites for hydroxylation is 1. The Morgan fingerprint density at radius 1 is 1.12 bits per heavy atom. The minimum Gasteiger partial charge on any atom is -0.339 e. The molecule has 0 spiro atoms. The minimum atomic E-state index is -0.398. The molecule has 1 aromatic carbocycles. The molecule has 0 radical (unpaired) electrons. The number of halogens is 1. The molecule has 1 fully saturated rings. The molecule has 4 rings (SSSR count). The van der Waals surface area contributed by atoms with Crippen LogP contribution in [0.2, 0.25) is 5.02 Å². The second kappa shape index (κ2) is 6.30. The van der Waals surface area contributed by atoms with Crippen LogP contribution in [0, 0.1) is 0 Å². The number of nitrogens with zero attached hydrogens (tertiary/aromatic N) is 5. The van der Waals surface area contributed by atoms with Gasteiger partial charge in [-0.25, -0.2) is 4.79 Å². The molecule has 26 heavy (non-hydrogen) atoms. The summed E-state index contributed by atoms with van der Waals surface area (Å²) in [5.74, 6) is 0.641. The summed E-state index contributed by atoms with van der Waals surface area (Å²) in [5.41, 5.74) is 0.698. The zero-order valence-electron chi connectivity index (χ0n) is 14.6. The number of aromatic nitrogens is 4. The maximum absolute atomic E-state index is 12.9. The quantitative estimate of drug-likeness (QED) is 0.706. The minimum absolute atomic E-state index is 0.366. The van der Waals surface area contributed by atoms with Crippen molar-refractivity contribution < 1.29 is 0 Å². The lowest BCUT2D eigenvalue weighted by Crippen LogP contribution is -2.44. The van der Waals surface area contributed by atoms with Gasteiger partial charge in [0.25, 0.3) is 5.56 Å². The van der Waals surface area contributed by atoms with Crippen LogP contribution >= 0.6 is 11.6 Å². The lowest BCUT2D eigenvalue weighted by molar-refractivity contribution is 0.578. The number of nitrogens with one attached hydrogen (secondary N) is 1. The van der Waals surface area contributed by atoms with Crippen LogP contribution in [-0.2, 0) is 14.1 Å². The Morgan fingerprint density at radius 2 is 1.85 bits per heavy atom. The Morgan fingerprint density at radius 3 is 2.54 bits per heavy atom. The molecular formula is C17H19ClN6O2. The predicted octanol–water partition coefficient (Wildman–Crippen LogP) is 0.486. The van der Waals surface area contributed by atoms with Crippen molar-refractivity contribution in [3.8, 4) is 5.69 Å². The highest BCUT2D eigenvalue weighted by atomic mass is 35.5. The Labute approximate surface area is 154 Å². The number of fused-ring (bicyclic) bond motifs is 1. The Kier molecular flexibility index (Phi) is 4.08. The molecular weight excluding hydrogens is 356 g/mol. The highest BCUT2D eigenvalue weighted by Crippen LogP contribution is 2.26. The second-order valence-corrected chi connectivity index (χ2v) is 6.78. The fraction of sp³-hybridized carbons (Fsp3) is 0.353. The van der Waals surface area contributed by atoms with Crippen LogP contribution in [0.5, 0.6) is 0 Å². The van der Waals surface area contributed by atoms with Gasteiger partial charge in [-0.1, -0.05) is 17.7 Å². The van der Waals surface area contributed by atoms with Crippen molar-refractivity contribution in [2.45, 2.75) is 0 Å². The molecule has 1 aliphatic rings. The van der Waals surface area contributed by atoms with Gasteiger partial charge in [0.2, 0.25) is 5.95 Å². The number of piperazine rings is 1. The van der Waals surface area contributed by atoms with Gasteiger partial charge < -0.3 is 10.2 Å². The van der Waals surface area contributed by atoms with E-state index in [-0.39, 0.29) is 5.56 Å². The highest BCUT2D eigenvalue weighted by Gasteiger charge is 2.24. The lowest BCUT2D eigenvalue weighted by Gasteiger charge is -2.28. The Hall–Kier alpha value is -2.58. The van der Waals surface area contributed by atoms with Crippen molar-refractivity contribution in [2.24, 2.45) is 14.1 Å². The summed E-state index contributed by atoms with van der Waals surface area (Å²) in [6, 6.07) is 7.28. The first-order valence-electron chi connectivity index (χ1n) is 8.39. The molecule has 136 valence electrons. The van der Waals surface area contributed by atoms with Crippen LogP contribution in [0.15, 0.2) is 33.9 Å². The number of anilines is 1. The first-order valence-corrected chi connectivity index (χ1v) is 8.77. The summed E-state index contributed by atoms with van der Waals surface area (Å²) >= 11 is 6.18. The average Bonchev–Trinajstić information content (AvgIpc) is 3.06. The Bertz CT molecular complexity index is 1110. The number of imidazole rings is 1. The highest BCUT2D eigenvalue weighted by molar-refractivity contribution is 6.30. The molecule has 1 N–H and O–H groups in total. The third-order valence-electron chi connectivity index (χ3n) is 4.71. The van der Waals surface area contributed by atoms with E-state index in [1.165, 1.54) is 11.6 Å². The monoisotopic (exact) mass is 374 g/mol. The van der Waals surface area contributed by atoms with E-state index in [2.05, 4.69) is 15.2 Å². The molecule has 0 atom stereocenters. The van der Waals surface area contributed by atoms with Gasteiger partial charge in [0, 0.05) is 45.3 Å². The van der Waals surface area contributed by atoms with Gasteiger partial charge >= 0.3 is 5.69 Å². The van der Waals surface area contributed by atoms with Crippen molar-refractivity contribution in [2.75, 3.05) is 31.1 Å². The molecule has 1 aliphatic heterocycles. The summed E-state index contributed by atoms with van der Waals surface area (Å²) in [4.78, 5) is 32.0. The lowest BCUT2D eigenvalue weighted by atomic mass is 10.3. The van der Waals surface area contributed by atoms with Crippen LogP contribution in [0.3, 0.4) is 0 Å². The van der Waals surface area contributed by atoms with E-state index in [1.54, 1.807) is 23.7 Å². The van der Waals surface area contributed by atoms with Crippen LogP contribution in [-0.4, -0.2) is 44.9 Å². The molecule has 3 heterocycles. The number of hydrogen-bond donors (Lipinski definition) is 1. The van der Waals surface area contributed by atoms with Crippen molar-refractivity contribution in [3.05, 3.63) is 50.1 Å². The second-order valence-electron chi connectivity index (χ2n) is 6.34. The van der Waals surface area contributed by atoms with E-state index in [4.69, 9.17) is 11.6 Å². The third kappa shape index (κ3) is 2.53. The summed E-state index contributed by atoms with van der Waals surface area (Å²) in [6.45, 7) is 3.18. The van der Waals surface area contributed by atoms with Gasteiger partial charge in [0.1, 0.15) is 0 Å². The maximum Gasteiger partial charge on any atom is 0.332 e. The van der Waals surface area contributed by atoms with Gasteiger partial charge in [-0.15, -0.1) is 0 Å². The topological polar surface area (TPSA) is 77.1 Å². The molecule has 0 unspecified atom stereocenters. The summed E-state index contributed by atoms with van der Waals surface area (Å²) in [7, 11) is 3.10. The van der Waals surface area contributed by atoms with Crippen molar-refractivity contribution in [1.29, 1.82) is 0 Å². The largest absolute Gasteiger partial charge is 0.339 e. The molecule has 2 aromatic heterocycles. The van der Waals surface area contributed by atoms with Gasteiger partial charge in [0.05, 0.1) is 5.69 Å². The fourth-order valence-corrected chi connectivity index (χ4v) is 3.51. The van der Waals surface area contributed by atoms with Gasteiger partial charge in [0.15, 0.2) is 11.2 Å². The van der Waals surface area contributed by atoms with Crippen molar-refractivity contribution in [3.63, 3.8) is 0 Å². The normalized spacial score (nSPS) is 15.0. The van der Waals surface area contributed by atoms with E-state index in [9.17, 15) is 9.59 Å². The number of benzene rings is 1. The summed E-state index contributed by atoms with van der Waals surface area (Å²) in [6.07, 6.45) is 0. The molecule has 8 nitrogen and oxygen atoms in total. The zero-order chi connectivity index (χ0) is 18.4. The molecule has 3 aromatic rings.